The van der Waals surface area contributed by atoms with Crippen LogP contribution in [0, 0.1) is 0 Å². The minimum absolute atomic E-state index is 0.666. The van der Waals surface area contributed by atoms with E-state index in [4.69, 9.17) is 5.48 Å². The van der Waals surface area contributed by atoms with Crippen LogP contribution in [0.4, 0.5) is 13.2 Å². The molecule has 0 atom stereocenters. The molecule has 0 heterocycles. The fourth-order valence-corrected chi connectivity index (χ4v) is 0.916. The van der Waals surface area contributed by atoms with Gasteiger partial charge in [0.2, 0.25) is 0 Å². The van der Waals surface area contributed by atoms with Crippen LogP contribution in [-0.4, -0.2) is 0 Å². The van der Waals surface area contributed by atoms with Gasteiger partial charge in [0.1, 0.15) is 0 Å². The molecule has 1 aromatic rings. The van der Waals surface area contributed by atoms with E-state index in [0.717, 1.165) is 0 Å². The van der Waals surface area contributed by atoms with Gasteiger partial charge in [0.05, 0.1) is 11.0 Å². The van der Waals surface area contributed by atoms with E-state index >= 15 is 0 Å². The van der Waals surface area contributed by atoms with Crippen molar-refractivity contribution in [2.45, 2.75) is 6.18 Å². The Morgan fingerprint density at radius 3 is 2.36 bits per heavy atom. The van der Waals surface area contributed by atoms with Gasteiger partial charge in [0.25, 0.3) is 0 Å². The molecule has 4 heteroatoms. The Kier molecular flexibility index (Phi) is 1.17. The molecule has 0 N–H and O–H groups in total. The number of rotatable bonds is 0. The van der Waals surface area contributed by atoms with Gasteiger partial charge >= 0.3 is 6.18 Å². The van der Waals surface area contributed by atoms with Gasteiger partial charge in [-0.05, 0) is 12.1 Å². The number of benzene rings is 1. The lowest BCUT2D eigenvalue weighted by Gasteiger charge is -2.07. The maximum atomic E-state index is 12.4. The Bertz CT molecular complexity index is 387. The molecule has 0 aliphatic rings. The summed E-state index contributed by atoms with van der Waals surface area (Å²) >= 11 is 2.52. The molecule has 0 saturated carbocycles. The molecule has 0 radical (unpaired) electrons. The molecule has 1 aromatic carbocycles. The minimum Gasteiger partial charge on any atom is -0.166 e. The van der Waals surface area contributed by atoms with E-state index in [1.54, 1.807) is 0 Å². The first kappa shape index (κ1) is 4.50. The van der Waals surface area contributed by atoms with Gasteiger partial charge in [-0.15, -0.1) is 0 Å². The van der Waals surface area contributed by atoms with Crippen LogP contribution >= 0.6 is 15.9 Å². The molecule has 11 heavy (non-hydrogen) atoms. The molecule has 0 aliphatic heterocycles. The van der Waals surface area contributed by atoms with Gasteiger partial charge in [-0.2, -0.15) is 13.2 Å². The van der Waals surface area contributed by atoms with E-state index < -0.39 is 40.4 Å². The first-order valence-corrected chi connectivity index (χ1v) is 3.30. The topological polar surface area (TPSA) is 0 Å². The lowest BCUT2D eigenvalue weighted by atomic mass is 10.2. The first-order valence-electron chi connectivity index (χ1n) is 4.51. The summed E-state index contributed by atoms with van der Waals surface area (Å²) in [6.07, 6.45) is -4.81. The van der Waals surface area contributed by atoms with Crippen molar-refractivity contribution >= 4 is 15.9 Å². The molecule has 60 valence electrons. The van der Waals surface area contributed by atoms with Gasteiger partial charge in [0.15, 0.2) is 0 Å². The molecule has 0 unspecified atom stereocenters. The van der Waals surface area contributed by atoms with E-state index in [0.29, 0.717) is 0 Å². The van der Waals surface area contributed by atoms with Gasteiger partial charge < -0.3 is 0 Å². The lowest BCUT2D eigenvalue weighted by molar-refractivity contribution is -0.138. The van der Waals surface area contributed by atoms with Crippen molar-refractivity contribution in [2.75, 3.05) is 0 Å². The highest BCUT2D eigenvalue weighted by Crippen LogP contribution is 2.34. The number of hydrogen-bond acceptors (Lipinski definition) is 0. The highest BCUT2D eigenvalue weighted by Gasteiger charge is 2.32. The molecule has 0 aromatic heterocycles. The van der Waals surface area contributed by atoms with Crippen LogP contribution in [0.2, 0.25) is 0 Å². The summed E-state index contributed by atoms with van der Waals surface area (Å²) < 4.78 is 65.1. The maximum Gasteiger partial charge on any atom is 0.417 e. The van der Waals surface area contributed by atoms with E-state index in [-0.39, 0.29) is 0 Å². The first-order chi connectivity index (χ1) is 6.68. The van der Waals surface area contributed by atoms with Crippen molar-refractivity contribution in [2.24, 2.45) is 0 Å². The third kappa shape index (κ3) is 1.96. The van der Waals surface area contributed by atoms with Gasteiger partial charge in [0, 0.05) is 4.47 Å². The Hall–Kier alpha value is -0.510. The summed E-state index contributed by atoms with van der Waals surface area (Å²) in [6.45, 7) is 0. The zero-order chi connectivity index (χ0) is 12.0. The van der Waals surface area contributed by atoms with E-state index in [1.165, 1.54) is 0 Å². The average Bonchev–Trinajstić information content (AvgIpc) is 2.09. The van der Waals surface area contributed by atoms with Gasteiger partial charge in [-0.1, -0.05) is 28.0 Å². The molecule has 0 bridgehead atoms. The number of halogens is 4. The fourth-order valence-electron chi connectivity index (χ4n) is 0.493. The van der Waals surface area contributed by atoms with Crippen LogP contribution in [-0.2, 0) is 6.18 Å². The van der Waals surface area contributed by atoms with Crippen LogP contribution in [0.15, 0.2) is 28.6 Å². The van der Waals surface area contributed by atoms with Crippen LogP contribution in [0.5, 0.6) is 0 Å². The summed E-state index contributed by atoms with van der Waals surface area (Å²) in [4.78, 5) is 0. The Morgan fingerprint density at radius 1 is 1.27 bits per heavy atom. The zero-order valence-electron chi connectivity index (χ0n) is 9.01. The van der Waals surface area contributed by atoms with E-state index in [1.807, 2.05) is 0 Å². The molecule has 1 rings (SSSR count). The van der Waals surface area contributed by atoms with Crippen molar-refractivity contribution in [3.05, 3.63) is 34.2 Å². The van der Waals surface area contributed by atoms with Crippen molar-refractivity contribution in [3.63, 3.8) is 0 Å². The van der Waals surface area contributed by atoms with Crippen molar-refractivity contribution in [1.82, 2.24) is 0 Å². The van der Waals surface area contributed by atoms with E-state index in [2.05, 4.69) is 15.9 Å². The Labute approximate surface area is 75.8 Å². The second-order valence-corrected chi connectivity index (χ2v) is 2.48. The van der Waals surface area contributed by atoms with Crippen molar-refractivity contribution in [3.8, 4) is 0 Å². The largest absolute Gasteiger partial charge is 0.417 e. The third-order valence-electron chi connectivity index (χ3n) is 0.925. The SMILES string of the molecule is [2H]c1c([2H])c([2H])c(C(F)(F)F)c(Br)c1[2H]. The van der Waals surface area contributed by atoms with Crippen LogP contribution in [0.1, 0.15) is 11.0 Å². The summed E-state index contributed by atoms with van der Waals surface area (Å²) in [5, 5.41) is 0. The van der Waals surface area contributed by atoms with Crippen LogP contribution < -0.4 is 0 Å². The predicted octanol–water partition coefficient (Wildman–Crippen LogP) is 3.47. The van der Waals surface area contributed by atoms with Gasteiger partial charge in [-0.3, -0.25) is 0 Å². The minimum atomic E-state index is -4.81. The van der Waals surface area contributed by atoms with Crippen molar-refractivity contribution in [1.29, 1.82) is 0 Å². The normalized spacial score (nSPS) is 16.7. The summed E-state index contributed by atoms with van der Waals surface area (Å²) in [5.41, 5.74) is -1.38. The smallest absolute Gasteiger partial charge is 0.166 e. The highest BCUT2D eigenvalue weighted by atomic mass is 79.9. The average molecular weight is 229 g/mol. The summed E-state index contributed by atoms with van der Waals surface area (Å²) in [5.74, 6) is 0. The molecule has 0 spiro atoms. The number of hydrogen-bond donors (Lipinski definition) is 0. The molecular formula is C7H4BrF3. The second-order valence-electron chi connectivity index (χ2n) is 1.69. The molecule has 0 amide bonds. The highest BCUT2D eigenvalue weighted by molar-refractivity contribution is 9.10. The molecule has 0 fully saturated rings. The lowest BCUT2D eigenvalue weighted by Crippen LogP contribution is -2.05. The second kappa shape index (κ2) is 2.85. The van der Waals surface area contributed by atoms with E-state index in [9.17, 15) is 13.2 Å². The molecular weight excluding hydrogens is 221 g/mol. The van der Waals surface area contributed by atoms with Crippen LogP contribution in [0.3, 0.4) is 0 Å². The third-order valence-corrected chi connectivity index (χ3v) is 1.52. The van der Waals surface area contributed by atoms with Gasteiger partial charge in [-0.25, -0.2) is 0 Å². The molecule has 0 nitrogen and oxygen atoms in total. The Morgan fingerprint density at radius 2 is 1.82 bits per heavy atom. The number of alkyl halides is 3. The summed E-state index contributed by atoms with van der Waals surface area (Å²) in [6, 6.07) is -3.41. The van der Waals surface area contributed by atoms with Crippen LogP contribution in [0.25, 0.3) is 0 Å². The Balaban J connectivity index is 3.68. The maximum absolute atomic E-state index is 12.4. The fraction of sp³-hybridized carbons (Fsp3) is 0.143. The standard InChI is InChI=1S/C7H4BrF3/c8-6-4-2-1-3-5(6)7(9,10)11/h1-4H/i1D,2D,3D,4D. The zero-order valence-corrected chi connectivity index (χ0v) is 6.60. The molecule has 0 saturated heterocycles. The summed E-state index contributed by atoms with van der Waals surface area (Å²) in [7, 11) is 0. The van der Waals surface area contributed by atoms with Crippen molar-refractivity contribution < 1.29 is 18.7 Å². The predicted molar refractivity (Wildman–Crippen MR) is 39.1 cm³/mol. The molecule has 0 aliphatic carbocycles. The monoisotopic (exact) mass is 228 g/mol. The quantitative estimate of drug-likeness (QED) is 0.638.